The predicted octanol–water partition coefficient (Wildman–Crippen LogP) is 3.32. The van der Waals surface area contributed by atoms with Gasteiger partial charge in [0.25, 0.3) is 0 Å². The van der Waals surface area contributed by atoms with Crippen LogP contribution in [0.1, 0.15) is 23.2 Å². The van der Waals surface area contributed by atoms with Gasteiger partial charge >= 0.3 is 0 Å². The lowest BCUT2D eigenvalue weighted by Gasteiger charge is -2.33. The van der Waals surface area contributed by atoms with Crippen molar-refractivity contribution in [3.8, 4) is 0 Å². The van der Waals surface area contributed by atoms with Crippen molar-refractivity contribution >= 4 is 11.5 Å². The lowest BCUT2D eigenvalue weighted by Crippen LogP contribution is -2.39. The summed E-state index contributed by atoms with van der Waals surface area (Å²) in [6.07, 6.45) is 4.56. The number of carbonyl (C=O) groups excluding carboxylic acids is 1. The second-order valence-electron chi connectivity index (χ2n) is 5.34. The van der Waals surface area contributed by atoms with E-state index in [1.165, 1.54) is 6.20 Å². The number of benzene rings is 1. The molecule has 1 aromatic carbocycles. The zero-order valence-electron chi connectivity index (χ0n) is 11.7. The number of aromatic nitrogens is 1. The number of pyridine rings is 1. The summed E-state index contributed by atoms with van der Waals surface area (Å²) in [5.74, 6) is -0.256. The summed E-state index contributed by atoms with van der Waals surface area (Å²) in [4.78, 5) is 18.3. The zero-order chi connectivity index (χ0) is 14.7. The SMILES string of the molecule is O=C(c1ccccc1)[C@@H]1CCCN(c2ccncc2F)C1. The van der Waals surface area contributed by atoms with Crippen LogP contribution in [0.2, 0.25) is 0 Å². The zero-order valence-corrected chi connectivity index (χ0v) is 11.7. The number of ketones is 1. The topological polar surface area (TPSA) is 33.2 Å². The van der Waals surface area contributed by atoms with Crippen LogP contribution in [0.4, 0.5) is 10.1 Å². The third-order valence-corrected chi connectivity index (χ3v) is 3.94. The smallest absolute Gasteiger partial charge is 0.167 e. The molecule has 1 saturated heterocycles. The van der Waals surface area contributed by atoms with Gasteiger partial charge in [0.2, 0.25) is 0 Å². The fraction of sp³-hybridized carbons (Fsp3) is 0.294. The number of carbonyl (C=O) groups is 1. The van der Waals surface area contributed by atoms with Gasteiger partial charge in [-0.15, -0.1) is 0 Å². The molecule has 21 heavy (non-hydrogen) atoms. The van der Waals surface area contributed by atoms with Crippen LogP contribution in [0.25, 0.3) is 0 Å². The molecule has 0 saturated carbocycles. The van der Waals surface area contributed by atoms with Gasteiger partial charge in [-0.3, -0.25) is 9.78 Å². The van der Waals surface area contributed by atoms with E-state index < -0.39 is 0 Å². The summed E-state index contributed by atoms with van der Waals surface area (Å²) in [5.41, 5.74) is 1.27. The predicted molar refractivity (Wildman–Crippen MR) is 79.9 cm³/mol. The van der Waals surface area contributed by atoms with E-state index in [0.717, 1.165) is 24.9 Å². The number of hydrogen-bond donors (Lipinski definition) is 0. The second-order valence-corrected chi connectivity index (χ2v) is 5.34. The molecule has 0 unspecified atom stereocenters. The highest BCUT2D eigenvalue weighted by atomic mass is 19.1. The van der Waals surface area contributed by atoms with E-state index in [9.17, 15) is 9.18 Å². The van der Waals surface area contributed by atoms with Crippen molar-refractivity contribution in [1.82, 2.24) is 4.98 Å². The Bertz CT molecular complexity index is 630. The lowest BCUT2D eigenvalue weighted by molar-refractivity contribution is 0.0907. The van der Waals surface area contributed by atoms with Gasteiger partial charge in [-0.25, -0.2) is 4.39 Å². The number of Topliss-reactive ketones (excluding diaryl/α,β-unsaturated/α-hetero) is 1. The Morgan fingerprint density at radius 1 is 1.24 bits per heavy atom. The molecule has 108 valence electrons. The van der Waals surface area contributed by atoms with Gasteiger partial charge in [0.05, 0.1) is 11.9 Å². The normalized spacial score (nSPS) is 18.5. The van der Waals surface area contributed by atoms with Crippen LogP contribution in [0.3, 0.4) is 0 Å². The van der Waals surface area contributed by atoms with Gasteiger partial charge in [0.15, 0.2) is 11.6 Å². The summed E-state index contributed by atoms with van der Waals surface area (Å²) in [5, 5.41) is 0. The van der Waals surface area contributed by atoms with Crippen molar-refractivity contribution in [3.63, 3.8) is 0 Å². The number of anilines is 1. The molecule has 1 aliphatic heterocycles. The number of halogens is 1. The monoisotopic (exact) mass is 284 g/mol. The molecule has 0 bridgehead atoms. The van der Waals surface area contributed by atoms with Crippen LogP contribution in [-0.2, 0) is 0 Å². The van der Waals surface area contributed by atoms with Crippen molar-refractivity contribution in [2.45, 2.75) is 12.8 Å². The maximum Gasteiger partial charge on any atom is 0.167 e. The minimum atomic E-state index is -0.328. The Morgan fingerprint density at radius 3 is 2.81 bits per heavy atom. The molecule has 3 nitrogen and oxygen atoms in total. The minimum Gasteiger partial charge on any atom is -0.368 e. The fourth-order valence-electron chi connectivity index (χ4n) is 2.87. The van der Waals surface area contributed by atoms with Gasteiger partial charge in [-0.2, -0.15) is 0 Å². The Hall–Kier alpha value is -2.23. The van der Waals surface area contributed by atoms with Gasteiger partial charge in [-0.05, 0) is 18.9 Å². The standard InChI is InChI=1S/C17H17FN2O/c18-15-11-19-9-8-16(15)20-10-4-7-14(12-20)17(21)13-5-2-1-3-6-13/h1-3,5-6,8-9,11,14H,4,7,10,12H2/t14-/m1/s1. The van der Waals surface area contributed by atoms with E-state index in [2.05, 4.69) is 4.98 Å². The van der Waals surface area contributed by atoms with E-state index >= 15 is 0 Å². The number of piperidine rings is 1. The average Bonchev–Trinajstić information content (AvgIpc) is 2.55. The van der Waals surface area contributed by atoms with Crippen molar-refractivity contribution in [1.29, 1.82) is 0 Å². The Morgan fingerprint density at radius 2 is 2.05 bits per heavy atom. The second kappa shape index (κ2) is 6.04. The van der Waals surface area contributed by atoms with E-state index in [-0.39, 0.29) is 17.5 Å². The van der Waals surface area contributed by atoms with Crippen LogP contribution in [-0.4, -0.2) is 23.9 Å². The molecule has 0 N–H and O–H groups in total. The van der Waals surface area contributed by atoms with Crippen molar-refractivity contribution in [2.75, 3.05) is 18.0 Å². The third kappa shape index (κ3) is 2.94. The number of hydrogen-bond acceptors (Lipinski definition) is 3. The fourth-order valence-corrected chi connectivity index (χ4v) is 2.87. The average molecular weight is 284 g/mol. The van der Waals surface area contributed by atoms with Crippen molar-refractivity contribution < 1.29 is 9.18 Å². The Balaban J connectivity index is 1.77. The van der Waals surface area contributed by atoms with Gasteiger partial charge < -0.3 is 4.90 Å². The van der Waals surface area contributed by atoms with Crippen molar-refractivity contribution in [3.05, 3.63) is 60.2 Å². The molecule has 2 heterocycles. The van der Waals surface area contributed by atoms with Crippen LogP contribution in [0.15, 0.2) is 48.8 Å². The molecule has 4 heteroatoms. The summed E-state index contributed by atoms with van der Waals surface area (Å²) in [6, 6.07) is 11.0. The van der Waals surface area contributed by atoms with Gasteiger partial charge in [-0.1, -0.05) is 30.3 Å². The maximum absolute atomic E-state index is 13.8. The first-order chi connectivity index (χ1) is 10.3. The first kappa shape index (κ1) is 13.7. The lowest BCUT2D eigenvalue weighted by atomic mass is 9.90. The third-order valence-electron chi connectivity index (χ3n) is 3.94. The molecule has 1 atom stereocenters. The highest BCUT2D eigenvalue weighted by Crippen LogP contribution is 2.26. The quantitative estimate of drug-likeness (QED) is 0.811. The van der Waals surface area contributed by atoms with Gasteiger partial charge in [0, 0.05) is 30.8 Å². The molecule has 0 radical (unpaired) electrons. The van der Waals surface area contributed by atoms with Crippen LogP contribution in [0, 0.1) is 11.7 Å². The molecule has 0 aliphatic carbocycles. The first-order valence-electron chi connectivity index (χ1n) is 7.19. The van der Waals surface area contributed by atoms with E-state index in [4.69, 9.17) is 0 Å². The van der Waals surface area contributed by atoms with Crippen molar-refractivity contribution in [2.24, 2.45) is 5.92 Å². The first-order valence-corrected chi connectivity index (χ1v) is 7.19. The maximum atomic E-state index is 13.8. The number of nitrogens with zero attached hydrogens (tertiary/aromatic N) is 2. The van der Waals surface area contributed by atoms with E-state index in [1.54, 1.807) is 12.3 Å². The molecular formula is C17H17FN2O. The molecule has 0 amide bonds. The van der Waals surface area contributed by atoms with Crippen LogP contribution >= 0.6 is 0 Å². The molecule has 3 rings (SSSR count). The van der Waals surface area contributed by atoms with Gasteiger partial charge in [0.1, 0.15) is 0 Å². The Labute approximate surface area is 123 Å². The molecule has 2 aromatic rings. The number of rotatable bonds is 3. The highest BCUT2D eigenvalue weighted by molar-refractivity contribution is 5.98. The molecule has 1 aromatic heterocycles. The summed E-state index contributed by atoms with van der Waals surface area (Å²) in [7, 11) is 0. The molecule has 0 spiro atoms. The van der Waals surface area contributed by atoms with E-state index in [0.29, 0.717) is 12.2 Å². The molecule has 1 aliphatic rings. The minimum absolute atomic E-state index is 0.0753. The molecule has 1 fully saturated rings. The largest absolute Gasteiger partial charge is 0.368 e. The molecular weight excluding hydrogens is 267 g/mol. The summed E-state index contributed by atoms with van der Waals surface area (Å²) in [6.45, 7) is 1.34. The summed E-state index contributed by atoms with van der Waals surface area (Å²) < 4.78 is 13.8. The highest BCUT2D eigenvalue weighted by Gasteiger charge is 2.27. The Kier molecular flexibility index (Phi) is 3.95. The van der Waals surface area contributed by atoms with Crippen LogP contribution in [0.5, 0.6) is 0 Å². The van der Waals surface area contributed by atoms with E-state index in [1.807, 2.05) is 35.2 Å². The van der Waals surface area contributed by atoms with Crippen LogP contribution < -0.4 is 4.90 Å². The summed E-state index contributed by atoms with van der Waals surface area (Å²) >= 11 is 0.